The van der Waals surface area contributed by atoms with Crippen molar-refractivity contribution >= 4 is 67.5 Å². The molecule has 4 aromatic rings. The van der Waals surface area contributed by atoms with Crippen LogP contribution in [0.3, 0.4) is 0 Å². The van der Waals surface area contributed by atoms with Gasteiger partial charge in [-0.05, 0) is 56.2 Å². The zero-order valence-electron chi connectivity index (χ0n) is 26.5. The molecule has 2 heterocycles. The highest BCUT2D eigenvalue weighted by Gasteiger charge is 2.38. The second-order valence-corrected chi connectivity index (χ2v) is 14.9. The van der Waals surface area contributed by atoms with Gasteiger partial charge in [0.25, 0.3) is 10.0 Å². The summed E-state index contributed by atoms with van der Waals surface area (Å²) in [6.45, 7) is 5.72. The third kappa shape index (κ3) is 11.3. The Morgan fingerprint density at radius 3 is 2.29 bits per heavy atom. The number of carbonyl (C=O) groups excluding carboxylic acids is 2. The first-order chi connectivity index (χ1) is 22.7. The van der Waals surface area contributed by atoms with Crippen molar-refractivity contribution in [2.75, 3.05) is 11.8 Å². The van der Waals surface area contributed by atoms with Gasteiger partial charge in [0.05, 0.1) is 35.3 Å². The molecule has 266 valence electrons. The van der Waals surface area contributed by atoms with Crippen molar-refractivity contribution in [1.29, 1.82) is 0 Å². The molecule has 0 spiro atoms. The number of benzene rings is 2. The summed E-state index contributed by atoms with van der Waals surface area (Å²) in [6, 6.07) is 14.7. The molecule has 0 fully saturated rings. The van der Waals surface area contributed by atoms with E-state index in [4.69, 9.17) is 36.7 Å². The summed E-state index contributed by atoms with van der Waals surface area (Å²) in [5.41, 5.74) is 7.48. The van der Waals surface area contributed by atoms with Crippen LogP contribution in [-0.4, -0.2) is 66.1 Å². The van der Waals surface area contributed by atoms with E-state index in [1.165, 1.54) is 19.2 Å². The van der Waals surface area contributed by atoms with E-state index in [1.807, 2.05) is 30.3 Å². The second kappa shape index (κ2) is 15.9. The molecule has 2 aromatic carbocycles. The minimum atomic E-state index is -5.08. The number of nitrogens with zero attached hydrogens (tertiary/aromatic N) is 2. The van der Waals surface area contributed by atoms with Gasteiger partial charge in [-0.2, -0.15) is 18.3 Å². The fourth-order valence-electron chi connectivity index (χ4n) is 4.12. The lowest BCUT2D eigenvalue weighted by atomic mass is 10.1. The van der Waals surface area contributed by atoms with Crippen LogP contribution in [0, 0.1) is 0 Å². The fraction of sp³-hybridized carbons (Fsp3) is 0.333. The lowest BCUT2D eigenvalue weighted by molar-refractivity contribution is -0.192. The molecule has 0 bridgehead atoms. The summed E-state index contributed by atoms with van der Waals surface area (Å²) in [5.74, 6) is -3.19. The first-order valence-corrected chi connectivity index (χ1v) is 16.8. The van der Waals surface area contributed by atoms with Crippen LogP contribution in [0.1, 0.15) is 38.3 Å². The molecule has 4 rings (SSSR count). The summed E-state index contributed by atoms with van der Waals surface area (Å²) in [4.78, 5) is 33.4. The molecular formula is C30H33ClF3N5O8S2. The molecule has 0 radical (unpaired) electrons. The Bertz CT molecular complexity index is 1920. The molecule has 2 aromatic heterocycles. The van der Waals surface area contributed by atoms with Gasteiger partial charge in [-0.15, -0.1) is 11.3 Å². The maximum absolute atomic E-state index is 13.0. The number of fused-ring (bicyclic) bond motifs is 1. The summed E-state index contributed by atoms with van der Waals surface area (Å²) >= 11 is 6.90. The number of hydrogen-bond donors (Lipinski definition) is 4. The standard InChI is InChI=1S/C28H32ClN5O6S2.C2HF3O2/c1-28(2,3)40-27(36)19(30)14-23(35)31-15-17-7-5-8-18(13-17)16-34-20-9-6-10-21(39-4)25(20)26(32-34)33-42(37,38)24-12-11-22(29)41-24;3-2(4,5)1(6)7/h5-13,19H,14-16,30H2,1-4H3,(H,31,35)(H,32,33);(H,6,7)/t19-;/m0./s1. The molecule has 49 heavy (non-hydrogen) atoms. The average molecular weight is 748 g/mol. The second-order valence-electron chi connectivity index (χ2n) is 11.3. The molecule has 13 nitrogen and oxygen atoms in total. The Kier molecular flexibility index (Phi) is 12.7. The van der Waals surface area contributed by atoms with Crippen molar-refractivity contribution in [2.45, 2.75) is 62.3 Å². The summed E-state index contributed by atoms with van der Waals surface area (Å²) in [5, 5.41) is 15.0. The smallest absolute Gasteiger partial charge is 0.490 e. The van der Waals surface area contributed by atoms with E-state index in [0.29, 0.717) is 27.5 Å². The van der Waals surface area contributed by atoms with Gasteiger partial charge in [-0.1, -0.05) is 41.9 Å². The molecule has 5 N–H and O–H groups in total. The SMILES string of the molecule is COc1cccc2c1c(NS(=O)(=O)c1ccc(Cl)s1)nn2Cc1cccc(CNC(=O)C[C@H](N)C(=O)OC(C)(C)C)c1.O=C(O)C(F)(F)F. The van der Waals surface area contributed by atoms with Crippen molar-refractivity contribution < 1.29 is 50.6 Å². The molecule has 0 aliphatic rings. The lowest BCUT2D eigenvalue weighted by Crippen LogP contribution is -2.41. The van der Waals surface area contributed by atoms with Crippen LogP contribution in [0.15, 0.2) is 58.8 Å². The zero-order valence-corrected chi connectivity index (χ0v) is 28.9. The van der Waals surface area contributed by atoms with Gasteiger partial charge in [0.1, 0.15) is 21.6 Å². The number of methoxy groups -OCH3 is 1. The Balaban J connectivity index is 0.000000838. The number of sulfonamides is 1. The highest BCUT2D eigenvalue weighted by molar-refractivity contribution is 7.94. The van der Waals surface area contributed by atoms with E-state index in [9.17, 15) is 31.2 Å². The first-order valence-electron chi connectivity index (χ1n) is 14.1. The average Bonchev–Trinajstić information content (AvgIpc) is 3.59. The molecule has 0 saturated heterocycles. The van der Waals surface area contributed by atoms with Crippen LogP contribution >= 0.6 is 22.9 Å². The monoisotopic (exact) mass is 747 g/mol. The fourth-order valence-corrected chi connectivity index (χ4v) is 6.62. The number of amides is 1. The minimum absolute atomic E-state index is 0.0619. The van der Waals surface area contributed by atoms with Gasteiger partial charge in [0, 0.05) is 6.54 Å². The highest BCUT2D eigenvalue weighted by Crippen LogP contribution is 2.35. The van der Waals surface area contributed by atoms with E-state index in [0.717, 1.165) is 22.5 Å². The number of aliphatic carboxylic acids is 1. The number of ether oxygens (including phenoxy) is 2. The van der Waals surface area contributed by atoms with E-state index in [1.54, 1.807) is 37.6 Å². The largest absolute Gasteiger partial charge is 0.496 e. The first kappa shape index (κ1) is 39.1. The number of esters is 1. The highest BCUT2D eigenvalue weighted by atomic mass is 35.5. The molecule has 1 amide bonds. The van der Waals surface area contributed by atoms with Crippen molar-refractivity contribution in [3.8, 4) is 5.75 Å². The molecule has 19 heteroatoms. The molecule has 0 aliphatic carbocycles. The lowest BCUT2D eigenvalue weighted by Gasteiger charge is -2.22. The Hall–Kier alpha value is -4.39. The topological polar surface area (TPSA) is 192 Å². The molecule has 1 atom stereocenters. The summed E-state index contributed by atoms with van der Waals surface area (Å²) in [6.07, 6.45) is -5.29. The Labute approximate surface area is 288 Å². The van der Waals surface area contributed by atoms with Gasteiger partial charge < -0.3 is 25.6 Å². The molecule has 0 aliphatic heterocycles. The van der Waals surface area contributed by atoms with Crippen molar-refractivity contribution in [2.24, 2.45) is 5.73 Å². The van der Waals surface area contributed by atoms with Crippen LogP contribution < -0.4 is 20.5 Å². The van der Waals surface area contributed by atoms with Crippen LogP contribution in [0.2, 0.25) is 4.34 Å². The predicted octanol–water partition coefficient (Wildman–Crippen LogP) is 4.92. The number of aromatic nitrogens is 2. The number of anilines is 1. The third-order valence-electron chi connectivity index (χ3n) is 6.17. The van der Waals surface area contributed by atoms with Crippen LogP contribution in [0.4, 0.5) is 19.0 Å². The Morgan fingerprint density at radius 2 is 1.71 bits per heavy atom. The maximum Gasteiger partial charge on any atom is 0.490 e. The number of carboxylic acid groups (broad SMARTS) is 1. The molecule has 0 unspecified atom stereocenters. The van der Waals surface area contributed by atoms with Crippen molar-refractivity contribution in [1.82, 2.24) is 15.1 Å². The summed E-state index contributed by atoms with van der Waals surface area (Å²) < 4.78 is 73.2. The van der Waals surface area contributed by atoms with Crippen LogP contribution in [0.25, 0.3) is 10.9 Å². The summed E-state index contributed by atoms with van der Waals surface area (Å²) in [7, 11) is -2.44. The zero-order chi connectivity index (χ0) is 36.7. The number of hydrogen-bond acceptors (Lipinski definition) is 10. The van der Waals surface area contributed by atoms with Gasteiger partial charge in [0.15, 0.2) is 5.82 Å². The number of rotatable bonds is 11. The van der Waals surface area contributed by atoms with Gasteiger partial charge in [-0.3, -0.25) is 19.0 Å². The van der Waals surface area contributed by atoms with Crippen LogP contribution in [0.5, 0.6) is 5.75 Å². The van der Waals surface area contributed by atoms with Crippen molar-refractivity contribution in [3.63, 3.8) is 0 Å². The number of carboxylic acids is 1. The molecular weight excluding hydrogens is 715 g/mol. The quantitative estimate of drug-likeness (QED) is 0.153. The number of nitrogens with one attached hydrogen (secondary N) is 2. The van der Waals surface area contributed by atoms with Gasteiger partial charge in [0.2, 0.25) is 5.91 Å². The third-order valence-corrected chi connectivity index (χ3v) is 9.24. The van der Waals surface area contributed by atoms with Gasteiger partial charge in [-0.25, -0.2) is 13.2 Å². The molecule has 0 saturated carbocycles. The number of carbonyl (C=O) groups is 3. The van der Waals surface area contributed by atoms with Crippen LogP contribution in [-0.2, 0) is 42.2 Å². The van der Waals surface area contributed by atoms with E-state index < -0.39 is 39.8 Å². The van der Waals surface area contributed by atoms with Gasteiger partial charge >= 0.3 is 18.1 Å². The van der Waals surface area contributed by atoms with E-state index in [2.05, 4.69) is 15.1 Å². The van der Waals surface area contributed by atoms with Crippen molar-refractivity contribution in [3.05, 3.63) is 70.1 Å². The minimum Gasteiger partial charge on any atom is -0.496 e. The Morgan fingerprint density at radius 1 is 1.08 bits per heavy atom. The maximum atomic E-state index is 13.0. The number of thiophene rings is 1. The number of halogens is 4. The number of nitrogens with two attached hydrogens (primary N) is 1. The predicted molar refractivity (Wildman–Crippen MR) is 176 cm³/mol. The van der Waals surface area contributed by atoms with E-state index in [-0.39, 0.29) is 28.9 Å². The number of alkyl halides is 3. The normalized spacial score (nSPS) is 12.4. The van der Waals surface area contributed by atoms with E-state index >= 15 is 0 Å².